The quantitative estimate of drug-likeness (QED) is 0.753. The third-order valence-electron chi connectivity index (χ3n) is 6.34. The number of hydrogen-bond acceptors (Lipinski definition) is 4. The standard InChI is InChI=1S/C24H25N3O2/c1-16-9-17(2)22(11-20(16)15-28)24(29)27-13-18-7-8-26(14-21(27)10-18)23-6-4-3-5-19(23)12-25/h3-6,9,11,15,18,21H,7-8,10,13-14H2,1-2H3. The second-order valence-corrected chi connectivity index (χ2v) is 8.22. The molecule has 5 heteroatoms. The lowest BCUT2D eigenvalue weighted by atomic mass is 9.99. The van der Waals surface area contributed by atoms with Gasteiger partial charge in [-0.3, -0.25) is 9.59 Å². The van der Waals surface area contributed by atoms with E-state index >= 15 is 0 Å². The van der Waals surface area contributed by atoms with Crippen molar-refractivity contribution in [1.29, 1.82) is 5.26 Å². The largest absolute Gasteiger partial charge is 0.368 e. The highest BCUT2D eigenvalue weighted by Crippen LogP contribution is 2.34. The number of aryl methyl sites for hydroxylation is 2. The molecule has 0 aromatic heterocycles. The van der Waals surface area contributed by atoms with E-state index < -0.39 is 0 Å². The number of hydrogen-bond donors (Lipinski definition) is 0. The van der Waals surface area contributed by atoms with Crippen LogP contribution in [0.4, 0.5) is 5.69 Å². The van der Waals surface area contributed by atoms with Crippen molar-refractivity contribution in [2.75, 3.05) is 24.5 Å². The molecular formula is C24H25N3O2. The van der Waals surface area contributed by atoms with E-state index in [9.17, 15) is 14.9 Å². The number of para-hydroxylation sites is 1. The average molecular weight is 387 g/mol. The molecular weight excluding hydrogens is 362 g/mol. The van der Waals surface area contributed by atoms with Crippen LogP contribution in [-0.2, 0) is 0 Å². The molecule has 0 saturated carbocycles. The van der Waals surface area contributed by atoms with Crippen LogP contribution < -0.4 is 4.90 Å². The fraction of sp³-hybridized carbons (Fsp3) is 0.375. The number of aldehydes is 1. The van der Waals surface area contributed by atoms with E-state index in [-0.39, 0.29) is 11.9 Å². The Kier molecular flexibility index (Phi) is 5.10. The third kappa shape index (κ3) is 3.51. The Hall–Kier alpha value is -3.13. The van der Waals surface area contributed by atoms with Crippen molar-refractivity contribution in [3.05, 3.63) is 64.2 Å². The van der Waals surface area contributed by atoms with Gasteiger partial charge in [-0.2, -0.15) is 5.26 Å². The minimum Gasteiger partial charge on any atom is -0.368 e. The molecule has 2 saturated heterocycles. The minimum atomic E-state index is 0.00789. The highest BCUT2D eigenvalue weighted by Gasteiger charge is 2.39. The lowest BCUT2D eigenvalue weighted by Gasteiger charge is -2.33. The van der Waals surface area contributed by atoms with E-state index in [0.717, 1.165) is 55.6 Å². The van der Waals surface area contributed by atoms with Gasteiger partial charge in [-0.05, 0) is 61.9 Å². The maximum Gasteiger partial charge on any atom is 0.254 e. The normalized spacial score (nSPS) is 20.9. The molecule has 2 fully saturated rings. The van der Waals surface area contributed by atoms with Crippen LogP contribution in [0, 0.1) is 31.1 Å². The number of fused-ring (bicyclic) bond motifs is 2. The van der Waals surface area contributed by atoms with Gasteiger partial charge in [0.2, 0.25) is 0 Å². The molecule has 2 bridgehead atoms. The number of anilines is 1. The molecule has 0 radical (unpaired) electrons. The number of rotatable bonds is 3. The van der Waals surface area contributed by atoms with Gasteiger partial charge in [0.05, 0.1) is 11.3 Å². The number of benzene rings is 2. The number of carbonyl (C=O) groups is 2. The van der Waals surface area contributed by atoms with Gasteiger partial charge >= 0.3 is 0 Å². The topological polar surface area (TPSA) is 64.4 Å². The van der Waals surface area contributed by atoms with E-state index in [2.05, 4.69) is 11.0 Å². The average Bonchev–Trinajstić information content (AvgIpc) is 3.00. The molecule has 0 spiro atoms. The van der Waals surface area contributed by atoms with E-state index in [0.29, 0.717) is 22.6 Å². The van der Waals surface area contributed by atoms with Gasteiger partial charge in [0.15, 0.2) is 0 Å². The molecule has 2 atom stereocenters. The predicted molar refractivity (Wildman–Crippen MR) is 112 cm³/mol. The number of nitriles is 1. The molecule has 0 N–H and O–H groups in total. The van der Waals surface area contributed by atoms with Crippen LogP contribution in [0.2, 0.25) is 0 Å². The zero-order valence-corrected chi connectivity index (χ0v) is 16.9. The maximum atomic E-state index is 13.4. The van der Waals surface area contributed by atoms with Crippen LogP contribution in [0.1, 0.15) is 50.2 Å². The molecule has 29 heavy (non-hydrogen) atoms. The summed E-state index contributed by atoms with van der Waals surface area (Å²) in [6.07, 6.45) is 2.81. The van der Waals surface area contributed by atoms with Gasteiger partial charge in [-0.25, -0.2) is 0 Å². The molecule has 0 aliphatic carbocycles. The number of likely N-dealkylation sites (tertiary alicyclic amines) is 1. The molecule has 2 heterocycles. The second kappa shape index (κ2) is 7.71. The van der Waals surface area contributed by atoms with Gasteiger partial charge < -0.3 is 9.80 Å². The third-order valence-corrected chi connectivity index (χ3v) is 6.34. The van der Waals surface area contributed by atoms with Crippen molar-refractivity contribution < 1.29 is 9.59 Å². The Morgan fingerprint density at radius 1 is 1.17 bits per heavy atom. The fourth-order valence-electron chi connectivity index (χ4n) is 4.77. The van der Waals surface area contributed by atoms with Crippen LogP contribution in [-0.4, -0.2) is 42.8 Å². The molecule has 4 rings (SSSR count). The van der Waals surface area contributed by atoms with E-state index in [4.69, 9.17) is 0 Å². The van der Waals surface area contributed by atoms with Crippen LogP contribution in [0.5, 0.6) is 0 Å². The zero-order chi connectivity index (χ0) is 20.5. The number of amides is 1. The summed E-state index contributed by atoms with van der Waals surface area (Å²) < 4.78 is 0. The molecule has 2 aliphatic heterocycles. The fourth-order valence-corrected chi connectivity index (χ4v) is 4.77. The lowest BCUT2D eigenvalue weighted by molar-refractivity contribution is 0.0731. The Labute approximate surface area is 171 Å². The molecule has 1 amide bonds. The van der Waals surface area contributed by atoms with Crippen molar-refractivity contribution in [3.63, 3.8) is 0 Å². The van der Waals surface area contributed by atoms with Crippen LogP contribution in [0.25, 0.3) is 0 Å². The molecule has 5 nitrogen and oxygen atoms in total. The first-order valence-electron chi connectivity index (χ1n) is 10.1. The van der Waals surface area contributed by atoms with Crippen molar-refractivity contribution >= 4 is 17.9 Å². The summed E-state index contributed by atoms with van der Waals surface area (Å²) in [4.78, 5) is 29.0. The monoisotopic (exact) mass is 387 g/mol. The van der Waals surface area contributed by atoms with Gasteiger partial charge in [0, 0.05) is 36.8 Å². The smallest absolute Gasteiger partial charge is 0.254 e. The first-order chi connectivity index (χ1) is 14.0. The summed E-state index contributed by atoms with van der Waals surface area (Å²) in [5.41, 5.74) is 4.61. The van der Waals surface area contributed by atoms with E-state index in [1.807, 2.05) is 49.1 Å². The van der Waals surface area contributed by atoms with Gasteiger partial charge in [-0.1, -0.05) is 18.2 Å². The first-order valence-corrected chi connectivity index (χ1v) is 10.1. The Balaban J connectivity index is 1.62. The van der Waals surface area contributed by atoms with Gasteiger partial charge in [0.1, 0.15) is 12.4 Å². The van der Waals surface area contributed by atoms with Gasteiger partial charge in [0.25, 0.3) is 5.91 Å². The molecule has 148 valence electrons. The first kappa shape index (κ1) is 19.2. The Morgan fingerprint density at radius 2 is 1.97 bits per heavy atom. The SMILES string of the molecule is Cc1cc(C)c(C(=O)N2CC3CCN(c4ccccc4C#N)CC2C3)cc1C=O. The highest BCUT2D eigenvalue weighted by atomic mass is 16.2. The molecule has 2 aliphatic rings. The van der Waals surface area contributed by atoms with E-state index in [1.54, 1.807) is 6.07 Å². The zero-order valence-electron chi connectivity index (χ0n) is 16.9. The Bertz CT molecular complexity index is 1010. The highest BCUT2D eigenvalue weighted by molar-refractivity contribution is 5.98. The maximum absolute atomic E-state index is 13.4. The second-order valence-electron chi connectivity index (χ2n) is 8.22. The summed E-state index contributed by atoms with van der Waals surface area (Å²) in [7, 11) is 0. The van der Waals surface area contributed by atoms with Crippen molar-refractivity contribution in [2.45, 2.75) is 32.7 Å². The lowest BCUT2D eigenvalue weighted by Crippen LogP contribution is -2.45. The molecule has 2 aromatic rings. The summed E-state index contributed by atoms with van der Waals surface area (Å²) in [5, 5.41) is 9.47. The van der Waals surface area contributed by atoms with Crippen molar-refractivity contribution in [3.8, 4) is 6.07 Å². The summed E-state index contributed by atoms with van der Waals surface area (Å²) in [6, 6.07) is 13.7. The van der Waals surface area contributed by atoms with Crippen LogP contribution in [0.15, 0.2) is 36.4 Å². The molecule has 2 aromatic carbocycles. The van der Waals surface area contributed by atoms with Crippen LogP contribution >= 0.6 is 0 Å². The number of nitrogens with zero attached hydrogens (tertiary/aromatic N) is 3. The summed E-state index contributed by atoms with van der Waals surface area (Å²) >= 11 is 0. The van der Waals surface area contributed by atoms with Crippen molar-refractivity contribution in [2.24, 2.45) is 5.92 Å². The summed E-state index contributed by atoms with van der Waals surface area (Å²) in [6.45, 7) is 6.22. The predicted octanol–water partition coefficient (Wildman–Crippen LogP) is 3.73. The molecule has 2 unspecified atom stereocenters. The van der Waals surface area contributed by atoms with Crippen LogP contribution in [0.3, 0.4) is 0 Å². The van der Waals surface area contributed by atoms with Crippen molar-refractivity contribution in [1.82, 2.24) is 4.90 Å². The van der Waals surface area contributed by atoms with Gasteiger partial charge in [-0.15, -0.1) is 0 Å². The minimum absolute atomic E-state index is 0.00789. The van der Waals surface area contributed by atoms with E-state index in [1.165, 1.54) is 0 Å². The summed E-state index contributed by atoms with van der Waals surface area (Å²) in [5.74, 6) is 0.480. The Morgan fingerprint density at radius 3 is 2.72 bits per heavy atom. The number of carbonyl (C=O) groups excluding carboxylic acids is 2.